The summed E-state index contributed by atoms with van der Waals surface area (Å²) in [7, 11) is -0.615. The Kier molecular flexibility index (Phi) is 4.44. The largest absolute Gasteiger partial charge is 0.355 e. The van der Waals surface area contributed by atoms with Crippen molar-refractivity contribution in [3.8, 4) is 0 Å². The van der Waals surface area contributed by atoms with Gasteiger partial charge in [0.2, 0.25) is 0 Å². The van der Waals surface area contributed by atoms with Crippen molar-refractivity contribution < 1.29 is 8.42 Å². The zero-order valence-corrected chi connectivity index (χ0v) is 12.9. The van der Waals surface area contributed by atoms with Gasteiger partial charge in [0.25, 0.3) is 0 Å². The first-order chi connectivity index (χ1) is 9.38. The van der Waals surface area contributed by atoms with Gasteiger partial charge in [-0.2, -0.15) is 12.7 Å². The molecular formula is C12H21N5O2S. The summed E-state index contributed by atoms with van der Waals surface area (Å²) in [6.45, 7) is 4.17. The van der Waals surface area contributed by atoms with Gasteiger partial charge in [-0.1, -0.05) is 6.92 Å². The third kappa shape index (κ3) is 3.57. The molecule has 0 amide bonds. The first kappa shape index (κ1) is 15.0. The molecule has 1 fully saturated rings. The Labute approximate surface area is 120 Å². The van der Waals surface area contributed by atoms with Crippen LogP contribution in [0.1, 0.15) is 19.8 Å². The van der Waals surface area contributed by atoms with Crippen LogP contribution in [0.2, 0.25) is 0 Å². The third-order valence-corrected chi connectivity index (χ3v) is 4.77. The number of nitrogens with one attached hydrogen (secondary N) is 1. The van der Waals surface area contributed by atoms with E-state index in [9.17, 15) is 8.42 Å². The molecule has 1 saturated heterocycles. The summed E-state index contributed by atoms with van der Waals surface area (Å²) in [5.74, 6) is 1.68. The Bertz CT molecular complexity index is 543. The van der Waals surface area contributed by atoms with Crippen LogP contribution in [0.4, 0.5) is 11.6 Å². The van der Waals surface area contributed by atoms with Gasteiger partial charge in [0.15, 0.2) is 11.6 Å². The van der Waals surface area contributed by atoms with Gasteiger partial charge in [0.1, 0.15) is 0 Å². The van der Waals surface area contributed by atoms with E-state index >= 15 is 0 Å². The Morgan fingerprint density at radius 3 is 2.65 bits per heavy atom. The highest BCUT2D eigenvalue weighted by molar-refractivity contribution is 7.90. The fourth-order valence-electron chi connectivity index (χ4n) is 2.17. The number of aromatic nitrogens is 2. The van der Waals surface area contributed by atoms with Crippen LogP contribution >= 0.6 is 0 Å². The molecule has 1 aromatic heterocycles. The van der Waals surface area contributed by atoms with Crippen molar-refractivity contribution in [3.63, 3.8) is 0 Å². The van der Waals surface area contributed by atoms with Crippen LogP contribution in [-0.2, 0) is 10.2 Å². The molecule has 2 heterocycles. The zero-order chi connectivity index (χ0) is 14.8. The van der Waals surface area contributed by atoms with Crippen LogP contribution in [0.15, 0.2) is 12.1 Å². The molecule has 7 nitrogen and oxygen atoms in total. The minimum absolute atomic E-state index is 0.229. The average molecular weight is 299 g/mol. The van der Waals surface area contributed by atoms with Crippen LogP contribution in [0.25, 0.3) is 0 Å². The van der Waals surface area contributed by atoms with Crippen LogP contribution < -0.4 is 9.62 Å². The van der Waals surface area contributed by atoms with Crippen molar-refractivity contribution in [3.05, 3.63) is 12.1 Å². The molecule has 1 aliphatic rings. The maximum Gasteiger partial charge on any atom is 0.302 e. The maximum atomic E-state index is 11.7. The first-order valence-electron chi connectivity index (χ1n) is 6.67. The molecule has 0 bridgehead atoms. The van der Waals surface area contributed by atoms with Gasteiger partial charge in [-0.3, -0.25) is 4.72 Å². The smallest absolute Gasteiger partial charge is 0.302 e. The van der Waals surface area contributed by atoms with Gasteiger partial charge in [-0.05, 0) is 30.9 Å². The monoisotopic (exact) mass is 299 g/mol. The number of nitrogens with zero attached hydrogens (tertiary/aromatic N) is 4. The molecule has 0 spiro atoms. The summed E-state index contributed by atoms with van der Waals surface area (Å²) in [6, 6.07) is 3.45. The highest BCUT2D eigenvalue weighted by Gasteiger charge is 2.18. The lowest BCUT2D eigenvalue weighted by molar-refractivity contribution is 0.444. The molecule has 1 N–H and O–H groups in total. The maximum absolute atomic E-state index is 11.7. The van der Waals surface area contributed by atoms with E-state index in [1.807, 2.05) is 0 Å². The summed E-state index contributed by atoms with van der Waals surface area (Å²) in [6.07, 6.45) is 2.39. The summed E-state index contributed by atoms with van der Waals surface area (Å²) < 4.78 is 26.8. The summed E-state index contributed by atoms with van der Waals surface area (Å²) >= 11 is 0. The van der Waals surface area contributed by atoms with E-state index < -0.39 is 10.2 Å². The number of anilines is 2. The van der Waals surface area contributed by atoms with E-state index in [4.69, 9.17) is 0 Å². The predicted molar refractivity (Wildman–Crippen MR) is 78.9 cm³/mol. The molecule has 1 aromatic rings. The lowest BCUT2D eigenvalue weighted by Crippen LogP contribution is -2.35. The van der Waals surface area contributed by atoms with Crippen molar-refractivity contribution in [2.75, 3.05) is 36.8 Å². The fraction of sp³-hybridized carbons (Fsp3) is 0.667. The third-order valence-electron chi connectivity index (χ3n) is 3.35. The van der Waals surface area contributed by atoms with Crippen LogP contribution in [0, 0.1) is 5.92 Å². The van der Waals surface area contributed by atoms with Gasteiger partial charge >= 0.3 is 10.2 Å². The predicted octanol–water partition coefficient (Wildman–Crippen LogP) is 0.931. The average Bonchev–Trinajstić information content (AvgIpc) is 2.39. The van der Waals surface area contributed by atoms with E-state index in [1.54, 1.807) is 12.1 Å². The van der Waals surface area contributed by atoms with E-state index in [2.05, 4.69) is 26.7 Å². The molecule has 1 aliphatic heterocycles. The summed E-state index contributed by atoms with van der Waals surface area (Å²) in [4.78, 5) is 2.19. The molecule has 1 unspecified atom stereocenters. The second-order valence-electron chi connectivity index (χ2n) is 5.36. The zero-order valence-electron chi connectivity index (χ0n) is 12.1. The van der Waals surface area contributed by atoms with Crippen molar-refractivity contribution in [2.24, 2.45) is 5.92 Å². The molecule has 8 heteroatoms. The van der Waals surface area contributed by atoms with Gasteiger partial charge in [-0.25, -0.2) is 0 Å². The second kappa shape index (κ2) is 5.92. The topological polar surface area (TPSA) is 78.4 Å². The molecule has 1 atom stereocenters. The number of hydrogen-bond acceptors (Lipinski definition) is 5. The molecule has 20 heavy (non-hydrogen) atoms. The van der Waals surface area contributed by atoms with Gasteiger partial charge in [-0.15, -0.1) is 10.2 Å². The van der Waals surface area contributed by atoms with Crippen molar-refractivity contribution in [2.45, 2.75) is 19.8 Å². The van der Waals surface area contributed by atoms with Crippen molar-refractivity contribution >= 4 is 21.8 Å². The highest BCUT2D eigenvalue weighted by Crippen LogP contribution is 2.21. The first-order valence-corrected chi connectivity index (χ1v) is 8.11. The minimum Gasteiger partial charge on any atom is -0.355 e. The van der Waals surface area contributed by atoms with Gasteiger partial charge in [0.05, 0.1) is 0 Å². The fourth-order valence-corrected chi connectivity index (χ4v) is 2.72. The molecular weight excluding hydrogens is 278 g/mol. The SMILES string of the molecule is CC1CCCN(c2ccc(NS(=O)(=O)N(C)C)nn2)C1. The lowest BCUT2D eigenvalue weighted by Gasteiger charge is -2.31. The second-order valence-corrected chi connectivity index (χ2v) is 7.24. The number of piperidine rings is 1. The Morgan fingerprint density at radius 2 is 2.10 bits per heavy atom. The summed E-state index contributed by atoms with van der Waals surface area (Å²) in [5, 5.41) is 8.05. The van der Waals surface area contributed by atoms with Crippen LogP contribution in [0.3, 0.4) is 0 Å². The quantitative estimate of drug-likeness (QED) is 0.895. The molecule has 112 valence electrons. The van der Waals surface area contributed by atoms with E-state index in [1.165, 1.54) is 20.5 Å². The highest BCUT2D eigenvalue weighted by atomic mass is 32.2. The number of rotatable bonds is 4. The van der Waals surface area contributed by atoms with Gasteiger partial charge < -0.3 is 4.90 Å². The van der Waals surface area contributed by atoms with Crippen LogP contribution in [0.5, 0.6) is 0 Å². The van der Waals surface area contributed by atoms with Crippen LogP contribution in [-0.4, -0.2) is 50.1 Å². The van der Waals surface area contributed by atoms with Crippen molar-refractivity contribution in [1.29, 1.82) is 0 Å². The van der Waals surface area contributed by atoms with E-state index in [0.29, 0.717) is 5.92 Å². The minimum atomic E-state index is -3.53. The lowest BCUT2D eigenvalue weighted by atomic mass is 10.0. The number of hydrogen-bond donors (Lipinski definition) is 1. The van der Waals surface area contributed by atoms with E-state index in [-0.39, 0.29) is 5.82 Å². The summed E-state index contributed by atoms with van der Waals surface area (Å²) in [5.41, 5.74) is 0. The Hall–Kier alpha value is -1.41. The van der Waals surface area contributed by atoms with E-state index in [0.717, 1.165) is 29.6 Å². The Balaban J connectivity index is 2.07. The molecule has 0 aliphatic carbocycles. The normalized spacial score (nSPS) is 20.2. The molecule has 0 saturated carbocycles. The van der Waals surface area contributed by atoms with Gasteiger partial charge in [0, 0.05) is 27.2 Å². The standard InChI is InChI=1S/C12H21N5O2S/c1-10-5-4-8-17(9-10)12-7-6-11(13-14-12)15-20(18,19)16(2)3/h6-7,10H,4-5,8-9H2,1-3H3,(H,13,15). The molecule has 2 rings (SSSR count). The Morgan fingerprint density at radius 1 is 1.35 bits per heavy atom. The van der Waals surface area contributed by atoms with Crippen molar-refractivity contribution in [1.82, 2.24) is 14.5 Å². The molecule has 0 aromatic carbocycles. The molecule has 0 radical (unpaired) electrons.